The average molecular weight is 394 g/mol. The van der Waals surface area contributed by atoms with E-state index >= 15 is 0 Å². The Bertz CT molecular complexity index is 866. The smallest absolute Gasteiger partial charge is 0.263 e. The fourth-order valence-corrected chi connectivity index (χ4v) is 5.37. The predicted molar refractivity (Wildman–Crippen MR) is 109 cm³/mol. The molecule has 142 valence electrons. The van der Waals surface area contributed by atoms with E-state index in [9.17, 15) is 9.59 Å². The number of amides is 1. The lowest BCUT2D eigenvalue weighted by atomic mass is 10.2. The Kier molecular flexibility index (Phi) is 6.07. The number of thioether (sulfide) groups is 1. The van der Waals surface area contributed by atoms with E-state index in [0.717, 1.165) is 52.8 Å². The number of fused-ring (bicyclic) bond motifs is 1. The normalized spacial score (nSPS) is 16.3. The number of hydrogen-bond acceptors (Lipinski definition) is 5. The molecule has 1 saturated carbocycles. The molecule has 2 aromatic heterocycles. The number of nitrogens with zero attached hydrogens (tertiary/aromatic N) is 2. The van der Waals surface area contributed by atoms with Gasteiger partial charge in [-0.3, -0.25) is 14.2 Å². The summed E-state index contributed by atoms with van der Waals surface area (Å²) in [4.78, 5) is 32.2. The standard InChI is InChI=1S/C19H27N3O2S2/c1-5-11(2)20-15(23)10-25-19-21-17-16(12(3)13(4)26-17)18(24)22(19)14-8-6-7-9-14/h11,14H,5-10H2,1-4H3,(H,20,23)/t11-/m1/s1. The highest BCUT2D eigenvalue weighted by atomic mass is 32.2. The van der Waals surface area contributed by atoms with Gasteiger partial charge in [0.05, 0.1) is 11.1 Å². The van der Waals surface area contributed by atoms with Crippen molar-refractivity contribution in [2.75, 3.05) is 5.75 Å². The molecule has 0 saturated heterocycles. The molecule has 26 heavy (non-hydrogen) atoms. The molecule has 1 amide bonds. The second-order valence-electron chi connectivity index (χ2n) is 7.14. The van der Waals surface area contributed by atoms with E-state index in [4.69, 9.17) is 4.98 Å². The van der Waals surface area contributed by atoms with E-state index in [1.54, 1.807) is 11.3 Å². The van der Waals surface area contributed by atoms with Crippen molar-refractivity contribution >= 4 is 39.2 Å². The van der Waals surface area contributed by atoms with Crippen molar-refractivity contribution in [2.45, 2.75) is 77.0 Å². The van der Waals surface area contributed by atoms with Gasteiger partial charge >= 0.3 is 0 Å². The van der Waals surface area contributed by atoms with Gasteiger partial charge in [-0.15, -0.1) is 11.3 Å². The predicted octanol–water partition coefficient (Wildman–Crippen LogP) is 4.20. The van der Waals surface area contributed by atoms with Gasteiger partial charge in [-0.25, -0.2) is 4.98 Å². The minimum atomic E-state index is -0.00444. The maximum absolute atomic E-state index is 13.3. The van der Waals surface area contributed by atoms with Crippen molar-refractivity contribution in [3.8, 4) is 0 Å². The van der Waals surface area contributed by atoms with Gasteiger partial charge in [0.15, 0.2) is 5.16 Å². The number of aromatic nitrogens is 2. The van der Waals surface area contributed by atoms with Crippen LogP contribution in [0.3, 0.4) is 0 Å². The lowest BCUT2D eigenvalue weighted by Gasteiger charge is -2.18. The Hall–Kier alpha value is -1.34. The van der Waals surface area contributed by atoms with Gasteiger partial charge in [-0.2, -0.15) is 0 Å². The second-order valence-corrected chi connectivity index (χ2v) is 9.28. The van der Waals surface area contributed by atoms with Crippen LogP contribution >= 0.6 is 23.1 Å². The zero-order valence-electron chi connectivity index (χ0n) is 15.9. The van der Waals surface area contributed by atoms with Crippen molar-refractivity contribution < 1.29 is 4.79 Å². The maximum Gasteiger partial charge on any atom is 0.263 e. The van der Waals surface area contributed by atoms with E-state index < -0.39 is 0 Å². The number of carbonyl (C=O) groups excluding carboxylic acids is 1. The molecule has 0 aromatic carbocycles. The highest BCUT2D eigenvalue weighted by molar-refractivity contribution is 7.99. The van der Waals surface area contributed by atoms with Gasteiger partial charge < -0.3 is 5.32 Å². The summed E-state index contributed by atoms with van der Waals surface area (Å²) in [5.74, 6) is 0.286. The lowest BCUT2D eigenvalue weighted by Crippen LogP contribution is -2.33. The highest BCUT2D eigenvalue weighted by Crippen LogP contribution is 2.34. The molecule has 3 rings (SSSR count). The fourth-order valence-electron chi connectivity index (χ4n) is 3.42. The molecule has 1 fully saturated rings. The first-order valence-electron chi connectivity index (χ1n) is 9.36. The van der Waals surface area contributed by atoms with Gasteiger partial charge in [0.2, 0.25) is 5.91 Å². The largest absolute Gasteiger partial charge is 0.353 e. The molecular formula is C19H27N3O2S2. The summed E-state index contributed by atoms with van der Waals surface area (Å²) in [6, 6.07) is 0.372. The third-order valence-corrected chi connectivity index (χ3v) is 7.30. The van der Waals surface area contributed by atoms with Crippen molar-refractivity contribution in [3.05, 3.63) is 20.8 Å². The van der Waals surface area contributed by atoms with E-state index in [1.165, 1.54) is 11.8 Å². The number of rotatable bonds is 6. The Morgan fingerprint density at radius 3 is 2.73 bits per heavy atom. The van der Waals surface area contributed by atoms with Crippen LogP contribution in [0.5, 0.6) is 0 Å². The number of thiophene rings is 1. The van der Waals surface area contributed by atoms with Crippen LogP contribution in [0.1, 0.15) is 62.4 Å². The third kappa shape index (κ3) is 3.83. The van der Waals surface area contributed by atoms with Crippen LogP contribution in [-0.4, -0.2) is 27.3 Å². The van der Waals surface area contributed by atoms with Crippen molar-refractivity contribution in [1.29, 1.82) is 0 Å². The van der Waals surface area contributed by atoms with Crippen molar-refractivity contribution in [3.63, 3.8) is 0 Å². The first-order valence-corrected chi connectivity index (χ1v) is 11.2. The number of nitrogens with one attached hydrogen (secondary N) is 1. The molecule has 0 radical (unpaired) electrons. The number of carbonyl (C=O) groups is 1. The minimum absolute atomic E-state index is 0.00444. The van der Waals surface area contributed by atoms with Crippen LogP contribution in [-0.2, 0) is 4.79 Å². The molecule has 7 heteroatoms. The molecule has 2 aromatic rings. The van der Waals surface area contributed by atoms with Gasteiger partial charge in [-0.1, -0.05) is 31.5 Å². The molecule has 0 aliphatic heterocycles. The molecule has 2 heterocycles. The summed E-state index contributed by atoms with van der Waals surface area (Å²) in [5, 5.41) is 4.43. The van der Waals surface area contributed by atoms with Crippen molar-refractivity contribution in [2.24, 2.45) is 0 Å². The molecule has 1 atom stereocenters. The summed E-state index contributed by atoms with van der Waals surface area (Å²) in [6.45, 7) is 8.08. The first-order chi connectivity index (χ1) is 12.4. The van der Waals surface area contributed by atoms with Gasteiger partial charge in [-0.05, 0) is 45.6 Å². The van der Waals surface area contributed by atoms with Gasteiger partial charge in [0, 0.05) is 17.0 Å². The molecule has 0 unspecified atom stereocenters. The van der Waals surface area contributed by atoms with E-state index in [-0.39, 0.29) is 23.6 Å². The Labute approximate surface area is 162 Å². The van der Waals surface area contributed by atoms with Crippen molar-refractivity contribution in [1.82, 2.24) is 14.9 Å². The third-order valence-electron chi connectivity index (χ3n) is 5.24. The number of aryl methyl sites for hydroxylation is 2. The van der Waals surface area contributed by atoms with E-state index in [1.807, 2.05) is 32.3 Å². The zero-order chi connectivity index (χ0) is 18.8. The lowest BCUT2D eigenvalue weighted by molar-refractivity contribution is -0.119. The molecule has 0 bridgehead atoms. The molecule has 5 nitrogen and oxygen atoms in total. The minimum Gasteiger partial charge on any atom is -0.353 e. The van der Waals surface area contributed by atoms with Gasteiger partial charge in [0.1, 0.15) is 4.83 Å². The SMILES string of the molecule is CC[C@@H](C)NC(=O)CSc1nc2sc(C)c(C)c2c(=O)n1C1CCCC1. The maximum atomic E-state index is 13.3. The zero-order valence-corrected chi connectivity index (χ0v) is 17.6. The van der Waals surface area contributed by atoms with Crippen LogP contribution in [0.2, 0.25) is 0 Å². The first kappa shape index (κ1) is 19.4. The fraction of sp³-hybridized carbons (Fsp3) is 0.632. The molecule has 1 aliphatic rings. The average Bonchev–Trinajstić information content (AvgIpc) is 3.22. The molecular weight excluding hydrogens is 366 g/mol. The second kappa shape index (κ2) is 8.13. The van der Waals surface area contributed by atoms with Gasteiger partial charge in [0.25, 0.3) is 5.56 Å². The topological polar surface area (TPSA) is 64.0 Å². The summed E-state index contributed by atoms with van der Waals surface area (Å²) >= 11 is 2.95. The molecule has 1 aliphatic carbocycles. The highest BCUT2D eigenvalue weighted by Gasteiger charge is 2.25. The quantitative estimate of drug-likeness (QED) is 0.590. The van der Waals surface area contributed by atoms with E-state index in [0.29, 0.717) is 10.9 Å². The van der Waals surface area contributed by atoms with Crippen LogP contribution < -0.4 is 10.9 Å². The van der Waals surface area contributed by atoms with E-state index in [2.05, 4.69) is 5.32 Å². The summed E-state index contributed by atoms with van der Waals surface area (Å²) in [5.41, 5.74) is 1.11. The van der Waals surface area contributed by atoms with Crippen LogP contribution in [0, 0.1) is 13.8 Å². The number of hydrogen-bond donors (Lipinski definition) is 1. The summed E-state index contributed by atoms with van der Waals surface area (Å²) in [6.07, 6.45) is 5.23. The van der Waals surface area contributed by atoms with Crippen LogP contribution in [0.25, 0.3) is 10.2 Å². The Balaban J connectivity index is 1.96. The van der Waals surface area contributed by atoms with Crippen LogP contribution in [0.15, 0.2) is 9.95 Å². The Morgan fingerprint density at radius 1 is 1.38 bits per heavy atom. The summed E-state index contributed by atoms with van der Waals surface area (Å²) < 4.78 is 1.87. The molecule has 0 spiro atoms. The van der Waals surface area contributed by atoms with Crippen LogP contribution in [0.4, 0.5) is 0 Å². The monoisotopic (exact) mass is 393 g/mol. The molecule has 1 N–H and O–H groups in total. The summed E-state index contributed by atoms with van der Waals surface area (Å²) in [7, 11) is 0. The Morgan fingerprint density at radius 2 is 2.08 bits per heavy atom.